The normalized spacial score (nSPS) is 11.6. The van der Waals surface area contributed by atoms with E-state index in [-0.39, 0.29) is 24.2 Å². The molecule has 1 amide bonds. The number of nitrogens with zero attached hydrogens (tertiary/aromatic N) is 1. The van der Waals surface area contributed by atoms with Gasteiger partial charge >= 0.3 is 0 Å². The van der Waals surface area contributed by atoms with Gasteiger partial charge in [0.25, 0.3) is 10.0 Å². The van der Waals surface area contributed by atoms with Gasteiger partial charge in [-0.25, -0.2) is 18.1 Å². The highest BCUT2D eigenvalue weighted by Gasteiger charge is 2.21. The maximum atomic E-state index is 12.1. The van der Waals surface area contributed by atoms with Crippen molar-refractivity contribution in [3.8, 4) is 10.6 Å². The van der Waals surface area contributed by atoms with Gasteiger partial charge in [0.2, 0.25) is 11.0 Å². The Kier molecular flexibility index (Phi) is 5.52. The number of furan rings is 1. The Hall–Kier alpha value is -1.75. The second-order valence-corrected chi connectivity index (χ2v) is 7.32. The van der Waals surface area contributed by atoms with E-state index < -0.39 is 10.0 Å². The third kappa shape index (κ3) is 4.38. The van der Waals surface area contributed by atoms with Crippen molar-refractivity contribution in [2.45, 2.75) is 18.9 Å². The summed E-state index contributed by atoms with van der Waals surface area (Å²) in [5.74, 6) is 0.152. The quantitative estimate of drug-likeness (QED) is 0.727. The topological polar surface area (TPSA) is 111 Å². The van der Waals surface area contributed by atoms with Gasteiger partial charge in [-0.3, -0.25) is 4.79 Å². The van der Waals surface area contributed by atoms with Gasteiger partial charge in [0.15, 0.2) is 5.13 Å². The molecule has 23 heavy (non-hydrogen) atoms. The maximum absolute atomic E-state index is 12.1. The summed E-state index contributed by atoms with van der Waals surface area (Å²) in [6, 6.07) is 2.94. The molecule has 0 aliphatic carbocycles. The Balaban J connectivity index is 2.22. The highest BCUT2D eigenvalue weighted by atomic mass is 32.2. The van der Waals surface area contributed by atoms with E-state index in [0.29, 0.717) is 21.5 Å². The number of carbonyl (C=O) groups is 1. The third-order valence-electron chi connectivity index (χ3n) is 2.75. The van der Waals surface area contributed by atoms with Crippen molar-refractivity contribution >= 4 is 32.4 Å². The van der Waals surface area contributed by atoms with E-state index in [2.05, 4.69) is 15.0 Å². The summed E-state index contributed by atoms with van der Waals surface area (Å²) in [5.41, 5.74) is 0.643. The molecular weight excluding hydrogens is 342 g/mol. The van der Waals surface area contributed by atoms with Crippen molar-refractivity contribution in [2.75, 3.05) is 25.6 Å². The van der Waals surface area contributed by atoms with Gasteiger partial charge in [0.1, 0.15) is 5.76 Å². The van der Waals surface area contributed by atoms with Crippen molar-refractivity contribution in [1.82, 2.24) is 9.71 Å². The fraction of sp³-hybridized carbons (Fsp3) is 0.385. The summed E-state index contributed by atoms with van der Waals surface area (Å²) >= 11 is 1.21. The fourth-order valence-corrected chi connectivity index (χ4v) is 3.68. The summed E-state index contributed by atoms with van der Waals surface area (Å²) in [6.45, 7) is 3.56. The van der Waals surface area contributed by atoms with Crippen molar-refractivity contribution < 1.29 is 22.4 Å². The number of rotatable bonds is 7. The first kappa shape index (κ1) is 17.6. The Morgan fingerprint density at radius 3 is 2.83 bits per heavy atom. The van der Waals surface area contributed by atoms with Gasteiger partial charge in [0.05, 0.1) is 17.2 Å². The molecule has 0 radical (unpaired) electrons. The van der Waals surface area contributed by atoms with Crippen LogP contribution in [0.1, 0.15) is 12.6 Å². The molecule has 8 nitrogen and oxygen atoms in total. The minimum Gasteiger partial charge on any atom is -0.442 e. The molecular formula is C13H17N3O5S2. The molecule has 0 saturated carbocycles. The van der Waals surface area contributed by atoms with Crippen LogP contribution in [0.25, 0.3) is 10.6 Å². The predicted octanol–water partition coefficient (Wildman–Crippen LogP) is 1.59. The predicted molar refractivity (Wildman–Crippen MR) is 85.9 cm³/mol. The standard InChI is InChI=1S/C13H17N3O5S2/c1-8-12(22-13(15-8)16-9(2)17)10-4-5-11(21-10)23(18,19)14-6-7-20-3/h4-5,14H,6-7H2,1-3H3,(H,15,16,17). The number of thiazole rings is 1. The van der Waals surface area contributed by atoms with Crippen molar-refractivity contribution in [3.63, 3.8) is 0 Å². The van der Waals surface area contributed by atoms with E-state index in [0.717, 1.165) is 0 Å². The first-order valence-corrected chi connectivity index (χ1v) is 8.97. The summed E-state index contributed by atoms with van der Waals surface area (Å²) in [5, 5.41) is 2.84. The van der Waals surface area contributed by atoms with Gasteiger partial charge in [-0.05, 0) is 19.1 Å². The van der Waals surface area contributed by atoms with Crippen LogP contribution in [0.15, 0.2) is 21.6 Å². The molecule has 2 N–H and O–H groups in total. The molecule has 0 unspecified atom stereocenters. The van der Waals surface area contributed by atoms with E-state index in [1.165, 1.54) is 31.4 Å². The highest BCUT2D eigenvalue weighted by molar-refractivity contribution is 7.89. The van der Waals surface area contributed by atoms with E-state index in [4.69, 9.17) is 9.15 Å². The van der Waals surface area contributed by atoms with Gasteiger partial charge in [0, 0.05) is 20.6 Å². The average molecular weight is 359 g/mol. The number of aromatic nitrogens is 1. The van der Waals surface area contributed by atoms with Crippen LogP contribution >= 0.6 is 11.3 Å². The molecule has 126 valence electrons. The van der Waals surface area contributed by atoms with Crippen LogP contribution in [0.2, 0.25) is 0 Å². The summed E-state index contributed by atoms with van der Waals surface area (Å²) in [6.07, 6.45) is 0. The molecule has 0 fully saturated rings. The first-order valence-electron chi connectivity index (χ1n) is 6.67. The molecule has 0 aliphatic heterocycles. The Morgan fingerprint density at radius 2 is 2.17 bits per heavy atom. The lowest BCUT2D eigenvalue weighted by Gasteiger charge is -2.02. The summed E-state index contributed by atoms with van der Waals surface area (Å²) < 4.78 is 36.7. The maximum Gasteiger partial charge on any atom is 0.274 e. The zero-order valence-corrected chi connectivity index (χ0v) is 14.5. The monoisotopic (exact) mass is 359 g/mol. The Bertz CT molecular complexity index is 794. The lowest BCUT2D eigenvalue weighted by Crippen LogP contribution is -2.26. The smallest absolute Gasteiger partial charge is 0.274 e. The number of methoxy groups -OCH3 is 1. The number of aryl methyl sites for hydroxylation is 1. The fourth-order valence-electron chi connectivity index (χ4n) is 1.76. The molecule has 0 bridgehead atoms. The van der Waals surface area contributed by atoms with Gasteiger partial charge in [-0.2, -0.15) is 0 Å². The molecule has 0 atom stereocenters. The number of hydrogen-bond acceptors (Lipinski definition) is 7. The van der Waals surface area contributed by atoms with Crippen LogP contribution in [0.5, 0.6) is 0 Å². The second kappa shape index (κ2) is 7.21. The van der Waals surface area contributed by atoms with Crippen LogP contribution in [0.3, 0.4) is 0 Å². The number of ether oxygens (including phenoxy) is 1. The van der Waals surface area contributed by atoms with E-state index in [1.807, 2.05) is 0 Å². The number of amides is 1. The number of nitrogens with one attached hydrogen (secondary N) is 2. The van der Waals surface area contributed by atoms with E-state index in [1.54, 1.807) is 13.0 Å². The van der Waals surface area contributed by atoms with Gasteiger partial charge in [-0.15, -0.1) is 0 Å². The molecule has 2 aromatic heterocycles. The molecule has 0 spiro atoms. The van der Waals surface area contributed by atoms with Crippen molar-refractivity contribution in [3.05, 3.63) is 17.8 Å². The third-order valence-corrected chi connectivity index (χ3v) is 5.17. The van der Waals surface area contributed by atoms with Crippen LogP contribution < -0.4 is 10.0 Å². The van der Waals surface area contributed by atoms with Crippen molar-refractivity contribution in [1.29, 1.82) is 0 Å². The van der Waals surface area contributed by atoms with Crippen LogP contribution in [-0.2, 0) is 19.6 Å². The average Bonchev–Trinajstić information content (AvgIpc) is 3.05. The summed E-state index contributed by atoms with van der Waals surface area (Å²) in [7, 11) is -2.24. The lowest BCUT2D eigenvalue weighted by molar-refractivity contribution is -0.114. The molecule has 10 heteroatoms. The minimum absolute atomic E-state index is 0.154. The lowest BCUT2D eigenvalue weighted by atomic mass is 10.3. The van der Waals surface area contributed by atoms with Crippen LogP contribution in [-0.4, -0.2) is 39.6 Å². The first-order chi connectivity index (χ1) is 10.8. The molecule has 2 heterocycles. The van der Waals surface area contributed by atoms with Crippen molar-refractivity contribution in [2.24, 2.45) is 0 Å². The minimum atomic E-state index is -3.73. The van der Waals surface area contributed by atoms with E-state index >= 15 is 0 Å². The van der Waals surface area contributed by atoms with Gasteiger partial charge in [-0.1, -0.05) is 11.3 Å². The zero-order valence-electron chi connectivity index (χ0n) is 12.9. The van der Waals surface area contributed by atoms with Crippen LogP contribution in [0, 0.1) is 6.92 Å². The van der Waals surface area contributed by atoms with Gasteiger partial charge < -0.3 is 14.5 Å². The molecule has 0 aromatic carbocycles. The largest absolute Gasteiger partial charge is 0.442 e. The number of anilines is 1. The summed E-state index contributed by atoms with van der Waals surface area (Å²) in [4.78, 5) is 15.9. The zero-order chi connectivity index (χ0) is 17.0. The molecule has 0 saturated heterocycles. The Labute approximate surface area is 137 Å². The number of sulfonamides is 1. The second-order valence-electron chi connectivity index (χ2n) is 4.62. The number of hydrogen-bond donors (Lipinski definition) is 2. The highest BCUT2D eigenvalue weighted by Crippen LogP contribution is 2.34. The molecule has 2 rings (SSSR count). The van der Waals surface area contributed by atoms with Crippen LogP contribution in [0.4, 0.5) is 5.13 Å². The molecule has 0 aliphatic rings. The SMILES string of the molecule is COCCNS(=O)(=O)c1ccc(-c2sc(NC(C)=O)nc2C)o1. The van der Waals surface area contributed by atoms with E-state index in [9.17, 15) is 13.2 Å². The number of carbonyl (C=O) groups excluding carboxylic acids is 1. The Morgan fingerprint density at radius 1 is 1.43 bits per heavy atom. The molecule has 2 aromatic rings.